The Morgan fingerprint density at radius 3 is 2.92 bits per heavy atom. The number of ether oxygens (including phenoxy) is 2. The Bertz CT molecular complexity index is 592. The zero-order chi connectivity index (χ0) is 17.1. The molecule has 2 aliphatic heterocycles. The lowest BCUT2D eigenvalue weighted by atomic mass is 9.85. The lowest BCUT2D eigenvalue weighted by Crippen LogP contribution is -2.39. The largest absolute Gasteiger partial charge is 0.491 e. The standard InChI is InChI=1S/C20H28N2O3.ClH/c23-20(19-11-14-5-1-2-9-18(14)22-19)21-15-6-3-7-16(12-15)25-13-17-8-4-10-24-17;/h3,6-7,12,14,17-19,22H,1-2,4-5,8-11,13H2,(H,21,23);1H. The fourth-order valence-corrected chi connectivity index (χ4v) is 4.38. The number of benzene rings is 1. The third-order valence-electron chi connectivity index (χ3n) is 5.74. The first-order valence-electron chi connectivity index (χ1n) is 9.69. The topological polar surface area (TPSA) is 59.6 Å². The van der Waals surface area contributed by atoms with Crippen LogP contribution in [0, 0.1) is 5.92 Å². The van der Waals surface area contributed by atoms with Crippen molar-refractivity contribution in [2.75, 3.05) is 18.5 Å². The monoisotopic (exact) mass is 380 g/mol. The maximum Gasteiger partial charge on any atom is 0.241 e. The lowest BCUT2D eigenvalue weighted by molar-refractivity contribution is -0.117. The maximum atomic E-state index is 12.6. The number of carbonyl (C=O) groups is 1. The Labute approximate surface area is 161 Å². The summed E-state index contributed by atoms with van der Waals surface area (Å²) in [6, 6.07) is 8.12. The lowest BCUT2D eigenvalue weighted by Gasteiger charge is -2.24. The molecule has 6 heteroatoms. The summed E-state index contributed by atoms with van der Waals surface area (Å²) in [5.74, 6) is 1.53. The molecule has 1 aromatic carbocycles. The van der Waals surface area contributed by atoms with Crippen molar-refractivity contribution >= 4 is 24.0 Å². The quantitative estimate of drug-likeness (QED) is 0.820. The Morgan fingerprint density at radius 1 is 1.23 bits per heavy atom. The number of rotatable bonds is 5. The van der Waals surface area contributed by atoms with Crippen LogP contribution >= 0.6 is 12.4 Å². The minimum Gasteiger partial charge on any atom is -0.491 e. The normalized spacial score (nSPS) is 30.3. The Kier molecular flexibility index (Phi) is 6.79. The molecular formula is C20H29ClN2O3. The summed E-state index contributed by atoms with van der Waals surface area (Å²) >= 11 is 0. The third-order valence-corrected chi connectivity index (χ3v) is 5.74. The van der Waals surface area contributed by atoms with Crippen LogP contribution in [0.15, 0.2) is 24.3 Å². The molecule has 0 aromatic heterocycles. The van der Waals surface area contributed by atoms with Crippen molar-refractivity contribution < 1.29 is 14.3 Å². The second kappa shape index (κ2) is 9.07. The number of amides is 1. The highest BCUT2D eigenvalue weighted by molar-refractivity contribution is 5.95. The molecule has 2 heterocycles. The molecule has 1 aromatic rings. The van der Waals surface area contributed by atoms with E-state index >= 15 is 0 Å². The van der Waals surface area contributed by atoms with Gasteiger partial charge in [-0.2, -0.15) is 0 Å². The van der Waals surface area contributed by atoms with Crippen molar-refractivity contribution in [3.05, 3.63) is 24.3 Å². The molecule has 4 rings (SSSR count). The molecule has 0 radical (unpaired) electrons. The van der Waals surface area contributed by atoms with Crippen LogP contribution in [0.5, 0.6) is 5.75 Å². The van der Waals surface area contributed by atoms with Crippen LogP contribution in [-0.2, 0) is 9.53 Å². The number of halogens is 1. The summed E-state index contributed by atoms with van der Waals surface area (Å²) in [5, 5.41) is 6.58. The van der Waals surface area contributed by atoms with Crippen LogP contribution in [-0.4, -0.2) is 37.3 Å². The number of hydrogen-bond donors (Lipinski definition) is 2. The SMILES string of the molecule is Cl.O=C(Nc1cccc(OCC2CCCO2)c1)C1CC2CCCCC2N1. The summed E-state index contributed by atoms with van der Waals surface area (Å²) < 4.78 is 11.4. The zero-order valence-electron chi connectivity index (χ0n) is 15.1. The van der Waals surface area contributed by atoms with Crippen LogP contribution in [0.2, 0.25) is 0 Å². The highest BCUT2D eigenvalue weighted by atomic mass is 35.5. The van der Waals surface area contributed by atoms with Gasteiger partial charge >= 0.3 is 0 Å². The smallest absolute Gasteiger partial charge is 0.241 e. The summed E-state index contributed by atoms with van der Waals surface area (Å²) in [7, 11) is 0. The zero-order valence-corrected chi connectivity index (χ0v) is 15.9. The predicted molar refractivity (Wildman–Crippen MR) is 104 cm³/mol. The van der Waals surface area contributed by atoms with Gasteiger partial charge in [0.15, 0.2) is 0 Å². The molecule has 4 unspecified atom stereocenters. The van der Waals surface area contributed by atoms with Crippen molar-refractivity contribution in [2.24, 2.45) is 5.92 Å². The summed E-state index contributed by atoms with van der Waals surface area (Å²) in [6.07, 6.45) is 8.39. The van der Waals surface area contributed by atoms with Crippen molar-refractivity contribution in [3.8, 4) is 5.75 Å². The van der Waals surface area contributed by atoms with Gasteiger partial charge in [-0.3, -0.25) is 4.79 Å². The maximum absolute atomic E-state index is 12.6. The van der Waals surface area contributed by atoms with Gasteiger partial charge in [-0.1, -0.05) is 18.9 Å². The van der Waals surface area contributed by atoms with Crippen molar-refractivity contribution in [2.45, 2.75) is 63.1 Å². The van der Waals surface area contributed by atoms with Gasteiger partial charge in [-0.05, 0) is 50.2 Å². The number of fused-ring (bicyclic) bond motifs is 1. The van der Waals surface area contributed by atoms with E-state index in [1.54, 1.807) is 0 Å². The Morgan fingerprint density at radius 2 is 2.12 bits per heavy atom. The molecule has 1 saturated carbocycles. The molecule has 2 N–H and O–H groups in total. The van der Waals surface area contributed by atoms with Gasteiger partial charge in [-0.15, -0.1) is 12.4 Å². The second-order valence-corrected chi connectivity index (χ2v) is 7.57. The average molecular weight is 381 g/mol. The van der Waals surface area contributed by atoms with E-state index in [0.717, 1.165) is 37.3 Å². The second-order valence-electron chi connectivity index (χ2n) is 7.57. The number of carbonyl (C=O) groups excluding carboxylic acids is 1. The van der Waals surface area contributed by atoms with Crippen LogP contribution in [0.3, 0.4) is 0 Å². The summed E-state index contributed by atoms with van der Waals surface area (Å²) in [5.41, 5.74) is 0.798. The summed E-state index contributed by atoms with van der Waals surface area (Å²) in [6.45, 7) is 1.41. The average Bonchev–Trinajstić information content (AvgIpc) is 3.29. The van der Waals surface area contributed by atoms with E-state index in [4.69, 9.17) is 9.47 Å². The van der Waals surface area contributed by atoms with E-state index in [1.807, 2.05) is 24.3 Å². The van der Waals surface area contributed by atoms with Crippen molar-refractivity contribution in [1.82, 2.24) is 5.32 Å². The van der Waals surface area contributed by atoms with Crippen molar-refractivity contribution in [1.29, 1.82) is 0 Å². The Hall–Kier alpha value is -1.30. The number of hydrogen-bond acceptors (Lipinski definition) is 4. The van der Waals surface area contributed by atoms with E-state index in [2.05, 4.69) is 10.6 Å². The minimum absolute atomic E-state index is 0. The molecule has 1 amide bonds. The molecular weight excluding hydrogens is 352 g/mol. The molecule has 26 heavy (non-hydrogen) atoms. The van der Waals surface area contributed by atoms with E-state index in [9.17, 15) is 4.79 Å². The van der Waals surface area contributed by atoms with E-state index < -0.39 is 0 Å². The molecule has 0 bridgehead atoms. The molecule has 4 atom stereocenters. The van der Waals surface area contributed by atoms with Crippen LogP contribution < -0.4 is 15.4 Å². The van der Waals surface area contributed by atoms with Gasteiger partial charge in [0.1, 0.15) is 12.4 Å². The van der Waals surface area contributed by atoms with E-state index in [0.29, 0.717) is 18.6 Å². The molecule has 0 spiro atoms. The predicted octanol–water partition coefficient (Wildman–Crippen LogP) is 3.53. The number of nitrogens with one attached hydrogen (secondary N) is 2. The minimum atomic E-state index is -0.0652. The highest BCUT2D eigenvalue weighted by Crippen LogP contribution is 2.33. The molecule has 3 aliphatic rings. The van der Waals surface area contributed by atoms with E-state index in [-0.39, 0.29) is 30.5 Å². The van der Waals surface area contributed by atoms with Gasteiger partial charge in [-0.25, -0.2) is 0 Å². The van der Waals surface area contributed by atoms with E-state index in [1.165, 1.54) is 25.7 Å². The van der Waals surface area contributed by atoms with Gasteiger partial charge in [0.25, 0.3) is 0 Å². The fourth-order valence-electron chi connectivity index (χ4n) is 4.38. The van der Waals surface area contributed by atoms with Gasteiger partial charge < -0.3 is 20.1 Å². The highest BCUT2D eigenvalue weighted by Gasteiger charge is 2.38. The summed E-state index contributed by atoms with van der Waals surface area (Å²) in [4.78, 5) is 12.6. The van der Waals surface area contributed by atoms with Crippen LogP contribution in [0.25, 0.3) is 0 Å². The van der Waals surface area contributed by atoms with Gasteiger partial charge in [0, 0.05) is 24.4 Å². The van der Waals surface area contributed by atoms with Gasteiger partial charge in [0.05, 0.1) is 12.1 Å². The van der Waals surface area contributed by atoms with Crippen molar-refractivity contribution in [3.63, 3.8) is 0 Å². The molecule has 3 fully saturated rings. The third kappa shape index (κ3) is 4.70. The first-order chi connectivity index (χ1) is 12.3. The molecule has 5 nitrogen and oxygen atoms in total. The molecule has 1 aliphatic carbocycles. The van der Waals surface area contributed by atoms with Gasteiger partial charge in [0.2, 0.25) is 5.91 Å². The number of anilines is 1. The molecule has 2 saturated heterocycles. The first-order valence-corrected chi connectivity index (χ1v) is 9.69. The molecule has 144 valence electrons. The fraction of sp³-hybridized carbons (Fsp3) is 0.650. The van der Waals surface area contributed by atoms with Crippen LogP contribution in [0.4, 0.5) is 5.69 Å². The van der Waals surface area contributed by atoms with Crippen LogP contribution in [0.1, 0.15) is 44.9 Å². The Balaban J connectivity index is 0.00000196. The first kappa shape index (κ1) is 19.5.